The number of hydrogen-bond donors (Lipinski definition) is 3. The molecule has 0 aromatic heterocycles. The number of nitrogens with two attached hydrogens (primary N) is 1. The minimum absolute atomic E-state index is 0.269. The zero-order chi connectivity index (χ0) is 15.2. The van der Waals surface area contributed by atoms with E-state index in [0.717, 1.165) is 11.6 Å². The van der Waals surface area contributed by atoms with Crippen LogP contribution in [0.4, 0.5) is 10.1 Å². The van der Waals surface area contributed by atoms with Crippen LogP contribution in [0.15, 0.2) is 48.5 Å². The van der Waals surface area contributed by atoms with E-state index in [0.29, 0.717) is 12.8 Å². The summed E-state index contributed by atoms with van der Waals surface area (Å²) in [4.78, 5) is 11.9. The van der Waals surface area contributed by atoms with Gasteiger partial charge in [0.1, 0.15) is 0 Å². The number of phenolic OH excluding ortho intramolecular Hbond substituents is 1. The standard InChI is InChI=1S/C16H17FN2O2/c17-13-10-12(7-9-15(13)20)19-16(21)14(18)8-6-11-4-2-1-3-5-11/h1-5,7,9-10,14,20H,6,8,18H2,(H,19,21)/t14-/m0/s1. The van der Waals surface area contributed by atoms with Crippen molar-refractivity contribution in [2.75, 3.05) is 5.32 Å². The van der Waals surface area contributed by atoms with Crippen LogP contribution in [0.2, 0.25) is 0 Å². The molecule has 2 aromatic rings. The molecule has 0 aliphatic heterocycles. The Hall–Kier alpha value is -2.40. The number of amides is 1. The van der Waals surface area contributed by atoms with E-state index in [1.165, 1.54) is 12.1 Å². The minimum Gasteiger partial charge on any atom is -0.505 e. The van der Waals surface area contributed by atoms with Crippen LogP contribution in [-0.2, 0) is 11.2 Å². The lowest BCUT2D eigenvalue weighted by Gasteiger charge is -2.12. The molecule has 0 radical (unpaired) electrons. The summed E-state index contributed by atoms with van der Waals surface area (Å²) in [6.07, 6.45) is 1.19. The first-order valence-electron chi connectivity index (χ1n) is 6.65. The van der Waals surface area contributed by atoms with E-state index in [4.69, 9.17) is 10.8 Å². The first-order chi connectivity index (χ1) is 10.1. The molecule has 0 spiro atoms. The molecule has 110 valence electrons. The highest BCUT2D eigenvalue weighted by Crippen LogP contribution is 2.19. The highest BCUT2D eigenvalue weighted by atomic mass is 19.1. The van der Waals surface area contributed by atoms with Gasteiger partial charge in [-0.1, -0.05) is 30.3 Å². The second-order valence-electron chi connectivity index (χ2n) is 4.79. The topological polar surface area (TPSA) is 75.4 Å². The van der Waals surface area contributed by atoms with E-state index in [-0.39, 0.29) is 11.6 Å². The SMILES string of the molecule is N[C@@H](CCc1ccccc1)C(=O)Nc1ccc(O)c(F)c1. The smallest absolute Gasteiger partial charge is 0.241 e. The summed E-state index contributed by atoms with van der Waals surface area (Å²) in [6, 6.07) is 12.7. The van der Waals surface area contributed by atoms with Gasteiger partial charge < -0.3 is 16.2 Å². The maximum absolute atomic E-state index is 13.2. The maximum Gasteiger partial charge on any atom is 0.241 e. The molecule has 0 unspecified atom stereocenters. The summed E-state index contributed by atoms with van der Waals surface area (Å²) in [6.45, 7) is 0. The highest BCUT2D eigenvalue weighted by Gasteiger charge is 2.14. The van der Waals surface area contributed by atoms with Crippen molar-refractivity contribution in [2.45, 2.75) is 18.9 Å². The molecule has 21 heavy (non-hydrogen) atoms. The molecule has 4 N–H and O–H groups in total. The van der Waals surface area contributed by atoms with Gasteiger partial charge in [0.15, 0.2) is 11.6 Å². The largest absolute Gasteiger partial charge is 0.505 e. The van der Waals surface area contributed by atoms with Crippen molar-refractivity contribution >= 4 is 11.6 Å². The van der Waals surface area contributed by atoms with Crippen molar-refractivity contribution in [1.29, 1.82) is 0 Å². The Morgan fingerprint density at radius 2 is 1.95 bits per heavy atom. The summed E-state index contributed by atoms with van der Waals surface area (Å²) < 4.78 is 13.2. The number of nitrogens with one attached hydrogen (secondary N) is 1. The van der Waals surface area contributed by atoms with Crippen LogP contribution in [0.1, 0.15) is 12.0 Å². The van der Waals surface area contributed by atoms with Crippen LogP contribution in [0.25, 0.3) is 0 Å². The van der Waals surface area contributed by atoms with E-state index in [1.807, 2.05) is 30.3 Å². The summed E-state index contributed by atoms with van der Waals surface area (Å²) >= 11 is 0. The average molecular weight is 288 g/mol. The van der Waals surface area contributed by atoms with Gasteiger partial charge in [-0.3, -0.25) is 4.79 Å². The van der Waals surface area contributed by atoms with Gasteiger partial charge in [-0.25, -0.2) is 4.39 Å². The number of aromatic hydroxyl groups is 1. The van der Waals surface area contributed by atoms with Gasteiger partial charge in [0, 0.05) is 11.8 Å². The van der Waals surface area contributed by atoms with Crippen LogP contribution in [0, 0.1) is 5.82 Å². The molecule has 0 saturated carbocycles. The summed E-state index contributed by atoms with van der Waals surface area (Å²) in [5, 5.41) is 11.6. The molecule has 1 atom stereocenters. The van der Waals surface area contributed by atoms with Crippen molar-refractivity contribution in [3.63, 3.8) is 0 Å². The molecule has 2 aromatic carbocycles. The van der Waals surface area contributed by atoms with E-state index >= 15 is 0 Å². The Labute approximate surface area is 122 Å². The fourth-order valence-corrected chi connectivity index (χ4v) is 1.92. The van der Waals surface area contributed by atoms with Gasteiger partial charge in [-0.15, -0.1) is 0 Å². The van der Waals surface area contributed by atoms with Crippen LogP contribution in [0.5, 0.6) is 5.75 Å². The number of carbonyl (C=O) groups excluding carboxylic acids is 1. The lowest BCUT2D eigenvalue weighted by Crippen LogP contribution is -2.36. The quantitative estimate of drug-likeness (QED) is 0.740. The monoisotopic (exact) mass is 288 g/mol. The molecule has 0 saturated heterocycles. The van der Waals surface area contributed by atoms with E-state index in [1.54, 1.807) is 0 Å². The molecule has 0 fully saturated rings. The Balaban J connectivity index is 1.89. The number of halogens is 1. The second kappa shape index (κ2) is 6.85. The number of phenols is 1. The second-order valence-corrected chi connectivity index (χ2v) is 4.79. The summed E-state index contributed by atoms with van der Waals surface area (Å²) in [7, 11) is 0. The first kappa shape index (κ1) is 15.0. The Morgan fingerprint density at radius 3 is 2.62 bits per heavy atom. The highest BCUT2D eigenvalue weighted by molar-refractivity contribution is 5.94. The van der Waals surface area contributed by atoms with Crippen LogP contribution < -0.4 is 11.1 Å². The lowest BCUT2D eigenvalue weighted by atomic mass is 10.1. The fourth-order valence-electron chi connectivity index (χ4n) is 1.92. The minimum atomic E-state index is -0.786. The van der Waals surface area contributed by atoms with Crippen LogP contribution in [-0.4, -0.2) is 17.1 Å². The van der Waals surface area contributed by atoms with Gasteiger partial charge in [-0.05, 0) is 30.5 Å². The Morgan fingerprint density at radius 1 is 1.24 bits per heavy atom. The zero-order valence-corrected chi connectivity index (χ0v) is 11.4. The predicted octanol–water partition coefficient (Wildman–Crippen LogP) is 2.43. The fraction of sp³-hybridized carbons (Fsp3) is 0.188. The number of rotatable bonds is 5. The molecule has 2 rings (SSSR count). The average Bonchev–Trinajstić information content (AvgIpc) is 2.49. The van der Waals surface area contributed by atoms with Gasteiger partial charge >= 0.3 is 0 Å². The Kier molecular flexibility index (Phi) is 4.90. The molecule has 0 aliphatic rings. The van der Waals surface area contributed by atoms with E-state index in [2.05, 4.69) is 5.32 Å². The van der Waals surface area contributed by atoms with Gasteiger partial charge in [0.2, 0.25) is 5.91 Å². The predicted molar refractivity (Wildman–Crippen MR) is 79.4 cm³/mol. The van der Waals surface area contributed by atoms with Crippen molar-refractivity contribution in [2.24, 2.45) is 5.73 Å². The van der Waals surface area contributed by atoms with E-state index in [9.17, 15) is 9.18 Å². The number of aryl methyl sites for hydroxylation is 1. The van der Waals surface area contributed by atoms with Gasteiger partial charge in [0.25, 0.3) is 0 Å². The van der Waals surface area contributed by atoms with Gasteiger partial charge in [0.05, 0.1) is 6.04 Å². The molecule has 1 amide bonds. The molecule has 4 nitrogen and oxygen atoms in total. The molecule has 0 heterocycles. The van der Waals surface area contributed by atoms with Crippen LogP contribution in [0.3, 0.4) is 0 Å². The molecule has 5 heteroatoms. The molecule has 0 aliphatic carbocycles. The van der Waals surface area contributed by atoms with Crippen LogP contribution >= 0.6 is 0 Å². The first-order valence-corrected chi connectivity index (χ1v) is 6.65. The number of benzene rings is 2. The third kappa shape index (κ3) is 4.29. The molecular weight excluding hydrogens is 271 g/mol. The van der Waals surface area contributed by atoms with Crippen molar-refractivity contribution in [3.8, 4) is 5.75 Å². The van der Waals surface area contributed by atoms with Crippen molar-refractivity contribution in [1.82, 2.24) is 0 Å². The van der Waals surface area contributed by atoms with Crippen molar-refractivity contribution < 1.29 is 14.3 Å². The zero-order valence-electron chi connectivity index (χ0n) is 11.4. The van der Waals surface area contributed by atoms with Gasteiger partial charge in [-0.2, -0.15) is 0 Å². The number of carbonyl (C=O) groups is 1. The molecule has 0 bridgehead atoms. The summed E-state index contributed by atoms with van der Waals surface area (Å²) in [5.74, 6) is -1.62. The molecular formula is C16H17FN2O2. The third-order valence-corrected chi connectivity index (χ3v) is 3.14. The number of anilines is 1. The maximum atomic E-state index is 13.2. The lowest BCUT2D eigenvalue weighted by molar-refractivity contribution is -0.117. The normalized spacial score (nSPS) is 11.9. The Bertz CT molecular complexity index is 617. The van der Waals surface area contributed by atoms with E-state index < -0.39 is 17.6 Å². The third-order valence-electron chi connectivity index (χ3n) is 3.14. The summed E-state index contributed by atoms with van der Waals surface area (Å²) in [5.41, 5.74) is 7.20. The van der Waals surface area contributed by atoms with Crippen molar-refractivity contribution in [3.05, 3.63) is 59.9 Å². The number of hydrogen-bond acceptors (Lipinski definition) is 3.